The molecule has 1 aromatic carbocycles. The molecule has 1 unspecified atom stereocenters. The number of aliphatic hydroxyl groups excluding tert-OH is 1. The second-order valence-corrected chi connectivity index (χ2v) is 6.06. The number of aromatic nitrogens is 3. The number of nitrogens with one attached hydrogen (secondary N) is 1. The summed E-state index contributed by atoms with van der Waals surface area (Å²) in [6, 6.07) is 6.31. The molecule has 3 aromatic rings. The van der Waals surface area contributed by atoms with Crippen molar-refractivity contribution in [1.82, 2.24) is 15.0 Å². The molecule has 2 heterocycles. The summed E-state index contributed by atoms with van der Waals surface area (Å²) in [7, 11) is 1.56. The second-order valence-electron chi connectivity index (χ2n) is 6.06. The quantitative estimate of drug-likeness (QED) is 0.624. The van der Waals surface area contributed by atoms with Gasteiger partial charge in [0.05, 0.1) is 25.0 Å². The highest BCUT2D eigenvalue weighted by molar-refractivity contribution is 5.96. The van der Waals surface area contributed by atoms with Gasteiger partial charge in [0.2, 0.25) is 0 Å². The number of rotatable bonds is 6. The van der Waals surface area contributed by atoms with Gasteiger partial charge in [0.25, 0.3) is 0 Å². The minimum atomic E-state index is -0.399. The van der Waals surface area contributed by atoms with Crippen LogP contribution in [0.2, 0.25) is 0 Å². The normalized spacial score (nSPS) is 12.8. The average Bonchev–Trinajstić information content (AvgIpc) is 2.68. The lowest BCUT2D eigenvalue weighted by Gasteiger charge is -2.16. The molecular weight excluding hydrogens is 347 g/mol. The van der Waals surface area contributed by atoms with Crippen LogP contribution in [0.25, 0.3) is 22.2 Å². The summed E-state index contributed by atoms with van der Waals surface area (Å²) in [5.41, 5.74) is 1.98. The monoisotopic (exact) mass is 368 g/mol. The van der Waals surface area contributed by atoms with Gasteiger partial charge in [-0.05, 0) is 43.7 Å². The van der Waals surface area contributed by atoms with E-state index in [1.807, 2.05) is 19.9 Å². The summed E-state index contributed by atoms with van der Waals surface area (Å²) in [5, 5.41) is 14.0. The Kier molecular flexibility index (Phi) is 5.49. The predicted octanol–water partition coefficient (Wildman–Crippen LogP) is 4.49. The van der Waals surface area contributed by atoms with Gasteiger partial charge in [-0.2, -0.15) is 0 Å². The van der Waals surface area contributed by atoms with Crippen LogP contribution in [0, 0.1) is 5.82 Å². The van der Waals surface area contributed by atoms with E-state index in [0.29, 0.717) is 28.2 Å². The van der Waals surface area contributed by atoms with Crippen LogP contribution in [0.1, 0.15) is 20.3 Å². The van der Waals surface area contributed by atoms with E-state index in [4.69, 9.17) is 4.74 Å². The highest BCUT2D eigenvalue weighted by Crippen LogP contribution is 2.33. The van der Waals surface area contributed by atoms with Gasteiger partial charge in [0.15, 0.2) is 0 Å². The molecule has 3 rings (SSSR count). The Morgan fingerprint density at radius 1 is 1.30 bits per heavy atom. The molecule has 140 valence electrons. The van der Waals surface area contributed by atoms with Gasteiger partial charge in [-0.1, -0.05) is 6.92 Å². The molecular formula is C20H21FN4O2. The lowest BCUT2D eigenvalue weighted by molar-refractivity contribution is 0.379. The maximum atomic E-state index is 13.2. The SMILES string of the molecule is CC/C=C(/O)C(C)Nc1ncnc2c(OC)cc(-c3ccc(F)cn3)cc12. The molecule has 0 bridgehead atoms. The number of pyridine rings is 1. The van der Waals surface area contributed by atoms with Gasteiger partial charge < -0.3 is 15.2 Å². The van der Waals surface area contributed by atoms with Crippen LogP contribution in [-0.2, 0) is 0 Å². The van der Waals surface area contributed by atoms with Gasteiger partial charge >= 0.3 is 0 Å². The molecule has 0 aliphatic carbocycles. The third-order valence-electron chi connectivity index (χ3n) is 4.16. The summed E-state index contributed by atoms with van der Waals surface area (Å²) < 4.78 is 18.7. The van der Waals surface area contributed by atoms with Crippen molar-refractivity contribution in [2.45, 2.75) is 26.3 Å². The zero-order valence-electron chi connectivity index (χ0n) is 15.4. The number of hydrogen-bond donors (Lipinski definition) is 2. The molecule has 6 nitrogen and oxygen atoms in total. The molecule has 0 amide bonds. The highest BCUT2D eigenvalue weighted by atomic mass is 19.1. The van der Waals surface area contributed by atoms with Crippen LogP contribution >= 0.6 is 0 Å². The molecule has 0 saturated carbocycles. The molecule has 2 N–H and O–H groups in total. The maximum absolute atomic E-state index is 13.2. The first-order valence-corrected chi connectivity index (χ1v) is 8.63. The molecule has 0 aliphatic heterocycles. The Bertz CT molecular complexity index is 974. The van der Waals surface area contributed by atoms with Crippen LogP contribution in [0.15, 0.2) is 48.6 Å². The van der Waals surface area contributed by atoms with Crippen molar-refractivity contribution in [3.8, 4) is 17.0 Å². The lowest BCUT2D eigenvalue weighted by Crippen LogP contribution is -2.19. The predicted molar refractivity (Wildman–Crippen MR) is 103 cm³/mol. The zero-order chi connectivity index (χ0) is 19.4. The zero-order valence-corrected chi connectivity index (χ0v) is 15.4. The largest absolute Gasteiger partial charge is 0.510 e. The number of halogens is 1. The molecule has 0 fully saturated rings. The standard InChI is InChI=1S/C20H21FN4O2/c1-4-5-17(26)12(2)25-20-15-8-13(16-7-6-14(21)10-22-16)9-18(27-3)19(15)23-11-24-20/h5-12,26H,4H2,1-3H3,(H,23,24,25)/b17-5+. The van der Waals surface area contributed by atoms with Crippen molar-refractivity contribution in [3.63, 3.8) is 0 Å². The molecule has 0 radical (unpaired) electrons. The Hall–Kier alpha value is -3.22. The third-order valence-corrected chi connectivity index (χ3v) is 4.16. The van der Waals surface area contributed by atoms with Gasteiger partial charge in [0, 0.05) is 10.9 Å². The Balaban J connectivity index is 2.11. The fraction of sp³-hybridized carbons (Fsp3) is 0.250. The number of methoxy groups -OCH3 is 1. The maximum Gasteiger partial charge on any atom is 0.145 e. The Labute approximate surface area is 156 Å². The van der Waals surface area contributed by atoms with E-state index in [-0.39, 0.29) is 11.8 Å². The summed E-state index contributed by atoms with van der Waals surface area (Å²) >= 11 is 0. The van der Waals surface area contributed by atoms with E-state index in [1.54, 1.807) is 25.3 Å². The van der Waals surface area contributed by atoms with Gasteiger partial charge in [-0.3, -0.25) is 4.98 Å². The number of nitrogens with zero attached hydrogens (tertiary/aromatic N) is 3. The van der Waals surface area contributed by atoms with Crippen LogP contribution < -0.4 is 10.1 Å². The lowest BCUT2D eigenvalue weighted by atomic mass is 10.1. The van der Waals surface area contributed by atoms with Crippen molar-refractivity contribution in [2.75, 3.05) is 12.4 Å². The van der Waals surface area contributed by atoms with Crippen LogP contribution in [0.3, 0.4) is 0 Å². The van der Waals surface area contributed by atoms with Gasteiger partial charge in [-0.15, -0.1) is 0 Å². The highest BCUT2D eigenvalue weighted by Gasteiger charge is 2.15. The number of anilines is 1. The second kappa shape index (κ2) is 7.99. The first kappa shape index (κ1) is 18.6. The van der Waals surface area contributed by atoms with E-state index >= 15 is 0 Å². The van der Waals surface area contributed by atoms with E-state index in [2.05, 4.69) is 20.3 Å². The Morgan fingerprint density at radius 2 is 2.11 bits per heavy atom. The van der Waals surface area contributed by atoms with Crippen LogP contribution in [-0.4, -0.2) is 33.2 Å². The molecule has 27 heavy (non-hydrogen) atoms. The molecule has 0 saturated heterocycles. The van der Waals surface area contributed by atoms with Gasteiger partial charge in [-0.25, -0.2) is 14.4 Å². The smallest absolute Gasteiger partial charge is 0.145 e. The summed E-state index contributed by atoms with van der Waals surface area (Å²) in [5.74, 6) is 0.961. The average molecular weight is 368 g/mol. The number of aliphatic hydroxyl groups is 1. The van der Waals surface area contributed by atoms with Crippen molar-refractivity contribution in [2.24, 2.45) is 0 Å². The van der Waals surface area contributed by atoms with Crippen LogP contribution in [0.5, 0.6) is 5.75 Å². The molecule has 0 aliphatic rings. The first-order valence-electron chi connectivity index (χ1n) is 8.63. The molecule has 2 aromatic heterocycles. The number of ether oxygens (including phenoxy) is 1. The molecule has 1 atom stereocenters. The number of allylic oxidation sites excluding steroid dienone is 1. The minimum Gasteiger partial charge on any atom is -0.510 e. The van der Waals surface area contributed by atoms with E-state index in [9.17, 15) is 9.50 Å². The fourth-order valence-electron chi connectivity index (χ4n) is 2.77. The van der Waals surface area contributed by atoms with E-state index in [0.717, 1.165) is 12.0 Å². The third kappa shape index (κ3) is 3.97. The van der Waals surface area contributed by atoms with Crippen molar-refractivity contribution >= 4 is 16.7 Å². The number of hydrogen-bond acceptors (Lipinski definition) is 6. The van der Waals surface area contributed by atoms with Crippen molar-refractivity contribution < 1.29 is 14.2 Å². The number of benzene rings is 1. The number of fused-ring (bicyclic) bond motifs is 1. The van der Waals surface area contributed by atoms with Crippen molar-refractivity contribution in [3.05, 3.63) is 54.4 Å². The summed E-state index contributed by atoms with van der Waals surface area (Å²) in [6.07, 6.45) is 5.09. The fourth-order valence-corrected chi connectivity index (χ4v) is 2.77. The first-order chi connectivity index (χ1) is 13.0. The Morgan fingerprint density at radius 3 is 2.78 bits per heavy atom. The topological polar surface area (TPSA) is 80.2 Å². The van der Waals surface area contributed by atoms with E-state index in [1.165, 1.54) is 18.6 Å². The van der Waals surface area contributed by atoms with Crippen LogP contribution in [0.4, 0.5) is 10.2 Å². The van der Waals surface area contributed by atoms with E-state index < -0.39 is 5.82 Å². The van der Waals surface area contributed by atoms with Crippen molar-refractivity contribution in [1.29, 1.82) is 0 Å². The minimum absolute atomic E-state index is 0.243. The van der Waals surface area contributed by atoms with Gasteiger partial charge in [0.1, 0.15) is 35.0 Å². The molecule has 7 heteroatoms. The summed E-state index contributed by atoms with van der Waals surface area (Å²) in [4.78, 5) is 12.8. The summed E-state index contributed by atoms with van der Waals surface area (Å²) in [6.45, 7) is 3.80. The molecule has 0 spiro atoms.